The number of aromatic nitrogens is 1. The zero-order valence-electron chi connectivity index (χ0n) is 28.6. The fourth-order valence-electron chi connectivity index (χ4n) is 5.28. The Balaban J connectivity index is 0.00000443. The summed E-state index contributed by atoms with van der Waals surface area (Å²) in [6.45, 7) is 16.7. The smallest absolute Gasteiger partial charge is 0.327 e. The molecule has 252 valence electrons. The van der Waals surface area contributed by atoms with Crippen LogP contribution in [0.1, 0.15) is 149 Å². The normalized spacial score (nSPS) is 18.3. The van der Waals surface area contributed by atoms with Crippen molar-refractivity contribution in [3.63, 3.8) is 0 Å². The summed E-state index contributed by atoms with van der Waals surface area (Å²) in [6.07, 6.45) is 22.7. The van der Waals surface area contributed by atoms with Crippen LogP contribution in [0.3, 0.4) is 0 Å². The first-order valence-corrected chi connectivity index (χ1v) is 17.0. The molecule has 2 heterocycles. The Bertz CT molecular complexity index is 963. The highest BCUT2D eigenvalue weighted by atomic mass is 16.5. The van der Waals surface area contributed by atoms with Gasteiger partial charge in [-0.2, -0.15) is 0 Å². The number of hydrogen-bond donors (Lipinski definition) is 3. The highest BCUT2D eigenvalue weighted by Gasteiger charge is 2.27. The third-order valence-electron chi connectivity index (χ3n) is 7.31. The third kappa shape index (κ3) is 20.5. The zero-order valence-corrected chi connectivity index (χ0v) is 28.6. The minimum absolute atomic E-state index is 0.0212. The largest absolute Gasteiger partial charge is 0.478 e. The topological polar surface area (TPSA) is 113 Å². The third-order valence-corrected chi connectivity index (χ3v) is 7.31. The van der Waals surface area contributed by atoms with Gasteiger partial charge in [0.2, 0.25) is 5.89 Å². The van der Waals surface area contributed by atoms with Crippen molar-refractivity contribution in [2.75, 3.05) is 6.61 Å². The molecule has 7 nitrogen and oxygen atoms in total. The quantitative estimate of drug-likeness (QED) is 0.0758. The van der Waals surface area contributed by atoms with Crippen LogP contribution in [0.15, 0.2) is 52.7 Å². The molecule has 1 aromatic rings. The van der Waals surface area contributed by atoms with Gasteiger partial charge >= 0.3 is 5.97 Å². The fourth-order valence-corrected chi connectivity index (χ4v) is 5.28. The molecule has 0 aromatic carbocycles. The first-order valence-electron chi connectivity index (χ1n) is 17.0. The van der Waals surface area contributed by atoms with Gasteiger partial charge in [0.25, 0.3) is 0 Å². The first-order chi connectivity index (χ1) is 21.3. The number of allylic oxidation sites excluding steroid dienone is 3. The van der Waals surface area contributed by atoms with Crippen LogP contribution < -0.4 is 0 Å². The minimum Gasteiger partial charge on any atom is -0.478 e. The van der Waals surface area contributed by atoms with Gasteiger partial charge in [0, 0.05) is 12.7 Å². The van der Waals surface area contributed by atoms with E-state index in [0.29, 0.717) is 31.1 Å². The number of carboxylic acids is 1. The second-order valence-corrected chi connectivity index (χ2v) is 11.3. The molecule has 0 saturated carbocycles. The Morgan fingerprint density at radius 1 is 1.09 bits per heavy atom. The molecule has 0 aliphatic carbocycles. The molecule has 0 spiro atoms. The highest BCUT2D eigenvalue weighted by Crippen LogP contribution is 2.33. The second-order valence-electron chi connectivity index (χ2n) is 11.3. The number of unbranched alkanes of at least 4 members (excludes halogenated alkanes) is 3. The van der Waals surface area contributed by atoms with Crippen molar-refractivity contribution in [2.24, 2.45) is 5.92 Å². The predicted molar refractivity (Wildman–Crippen MR) is 182 cm³/mol. The van der Waals surface area contributed by atoms with Gasteiger partial charge in [0.1, 0.15) is 18.1 Å². The number of ether oxygens (including phenoxy) is 1. The molecule has 4 unspecified atom stereocenters. The average molecular weight is 618 g/mol. The molecule has 44 heavy (non-hydrogen) atoms. The van der Waals surface area contributed by atoms with E-state index in [1.807, 2.05) is 33.8 Å². The average Bonchev–Trinajstić information content (AvgIpc) is 3.48. The fraction of sp³-hybridized carbons (Fsp3) is 0.676. The maximum atomic E-state index is 10.6. The monoisotopic (exact) mass is 617 g/mol. The van der Waals surface area contributed by atoms with Crippen molar-refractivity contribution in [3.05, 3.63) is 59.9 Å². The van der Waals surface area contributed by atoms with Crippen LogP contribution in [0.4, 0.5) is 0 Å². The molecule has 1 aliphatic rings. The summed E-state index contributed by atoms with van der Waals surface area (Å²) in [5.41, 5.74) is 3.16. The molecule has 7 heteroatoms. The number of nitrogens with zero attached hydrogens (tertiary/aromatic N) is 1. The Morgan fingerprint density at radius 3 is 2.52 bits per heavy atom. The summed E-state index contributed by atoms with van der Waals surface area (Å²) in [5.74, 6) is 0.334. The molecular weight excluding hydrogens is 554 g/mol. The molecule has 0 bridgehead atoms. The van der Waals surface area contributed by atoms with E-state index < -0.39 is 12.1 Å². The molecule has 3 N–H and O–H groups in total. The van der Waals surface area contributed by atoms with Crippen LogP contribution in [0, 0.1) is 5.92 Å². The van der Waals surface area contributed by atoms with Crippen molar-refractivity contribution in [1.82, 2.24) is 4.98 Å². The van der Waals surface area contributed by atoms with Crippen molar-refractivity contribution < 1.29 is 29.3 Å². The van der Waals surface area contributed by atoms with E-state index >= 15 is 0 Å². The van der Waals surface area contributed by atoms with Gasteiger partial charge < -0.3 is 24.5 Å². The number of aliphatic hydroxyl groups excluding tert-OH is 2. The van der Waals surface area contributed by atoms with Crippen LogP contribution >= 0.6 is 0 Å². The van der Waals surface area contributed by atoms with Crippen molar-refractivity contribution in [1.29, 1.82) is 0 Å². The summed E-state index contributed by atoms with van der Waals surface area (Å²) in [7, 11) is 0. The second kappa shape index (κ2) is 26.9. The van der Waals surface area contributed by atoms with Gasteiger partial charge in [-0.05, 0) is 96.0 Å². The first kappa shape index (κ1) is 41.5. The van der Waals surface area contributed by atoms with Crippen molar-refractivity contribution in [2.45, 2.75) is 150 Å². The van der Waals surface area contributed by atoms with Crippen molar-refractivity contribution in [3.8, 4) is 0 Å². The van der Waals surface area contributed by atoms with E-state index in [-0.39, 0.29) is 18.8 Å². The van der Waals surface area contributed by atoms with Crippen molar-refractivity contribution >= 4 is 12.0 Å². The van der Waals surface area contributed by atoms with Gasteiger partial charge in [0.05, 0.1) is 12.2 Å². The van der Waals surface area contributed by atoms with E-state index in [4.69, 9.17) is 19.4 Å². The van der Waals surface area contributed by atoms with Crippen LogP contribution in [0.25, 0.3) is 6.08 Å². The van der Waals surface area contributed by atoms with Crippen LogP contribution in [-0.4, -0.2) is 45.1 Å². The molecule has 4 atom stereocenters. The lowest BCUT2D eigenvalue weighted by molar-refractivity contribution is -0.131. The maximum absolute atomic E-state index is 10.6. The molecule has 0 radical (unpaired) electrons. The Labute approximate surface area is 268 Å². The summed E-state index contributed by atoms with van der Waals surface area (Å²) in [6, 6.07) is 0. The Hall–Kier alpha value is -2.48. The molecule has 2 rings (SSSR count). The SMILES string of the molecule is C=C(CCC/C=C\C(=O)O)CC(O)CC1CCCC(c2coc(/C=C/CCCCC(C)C/C(C)=C/CCO)n2)O1.CC.CC. The van der Waals surface area contributed by atoms with Gasteiger partial charge in [-0.25, -0.2) is 9.78 Å². The maximum Gasteiger partial charge on any atom is 0.327 e. The number of carboxylic acid groups (broad SMARTS) is 1. The molecule has 1 saturated heterocycles. The van der Waals surface area contributed by atoms with E-state index in [2.05, 4.69) is 37.6 Å². The highest BCUT2D eigenvalue weighted by molar-refractivity contribution is 5.79. The minimum atomic E-state index is -0.930. The molecular formula is C37H63NO6. The lowest BCUT2D eigenvalue weighted by Gasteiger charge is -2.30. The summed E-state index contributed by atoms with van der Waals surface area (Å²) in [4.78, 5) is 15.1. The molecule has 1 fully saturated rings. The van der Waals surface area contributed by atoms with Gasteiger partial charge in [0.15, 0.2) is 0 Å². The van der Waals surface area contributed by atoms with E-state index in [1.165, 1.54) is 18.4 Å². The number of rotatable bonds is 20. The summed E-state index contributed by atoms with van der Waals surface area (Å²) < 4.78 is 12.0. The lowest BCUT2D eigenvalue weighted by atomic mass is 9.95. The van der Waals surface area contributed by atoms with Crippen LogP contribution in [-0.2, 0) is 9.53 Å². The number of oxazole rings is 1. The number of aliphatic hydroxyl groups is 2. The van der Waals surface area contributed by atoms with Crippen LogP contribution in [0.2, 0.25) is 0 Å². The standard InChI is InChI=1S/C33H51NO6.2C2H6/c1-25(21-26(2)15-12-20-35)13-7-4-5-9-18-32-34-30(24-39-32)31-17-11-16-29(40-31)23-28(36)22-27(3)14-8-6-10-19-33(37)38;2*1-2/h9-10,15,18-19,24-25,28-29,31,35-36H,3-8,11-14,16-17,20-23H2,1-2H3,(H,37,38);2*1-2H3/b18-9+,19-10-,26-15+;;. The molecule has 1 aromatic heterocycles. The number of carbonyl (C=O) groups is 1. The lowest BCUT2D eigenvalue weighted by Crippen LogP contribution is -2.27. The van der Waals surface area contributed by atoms with E-state index in [9.17, 15) is 9.90 Å². The predicted octanol–water partition coefficient (Wildman–Crippen LogP) is 9.77. The zero-order chi connectivity index (χ0) is 33.2. The Kier molecular flexibility index (Phi) is 25.4. The van der Waals surface area contributed by atoms with E-state index in [1.54, 1.807) is 12.3 Å². The van der Waals surface area contributed by atoms with Gasteiger partial charge in [-0.15, -0.1) is 0 Å². The Morgan fingerprint density at radius 2 is 1.82 bits per heavy atom. The summed E-state index contributed by atoms with van der Waals surface area (Å²) in [5, 5.41) is 28.1. The number of aliphatic carboxylic acids is 1. The molecule has 1 aliphatic heterocycles. The van der Waals surface area contributed by atoms with Gasteiger partial charge in [-0.3, -0.25) is 0 Å². The summed E-state index contributed by atoms with van der Waals surface area (Å²) >= 11 is 0. The van der Waals surface area contributed by atoms with Gasteiger partial charge in [-0.1, -0.05) is 83.4 Å². The number of hydrogen-bond acceptors (Lipinski definition) is 6. The van der Waals surface area contributed by atoms with Crippen LogP contribution in [0.5, 0.6) is 0 Å². The van der Waals surface area contributed by atoms with E-state index in [0.717, 1.165) is 75.1 Å². The molecule has 0 amide bonds.